The number of esters is 2. The van der Waals surface area contributed by atoms with Gasteiger partial charge in [-0.3, -0.25) is 49.0 Å². The number of nitro groups is 2. The summed E-state index contributed by atoms with van der Waals surface area (Å²) in [6, 6.07) is -2.22. The summed E-state index contributed by atoms with van der Waals surface area (Å²) in [6.45, 7) is 1.63. The first-order chi connectivity index (χ1) is 29.2. The predicted octanol–water partition coefficient (Wildman–Crippen LogP) is 2.01. The van der Waals surface area contributed by atoms with Crippen LogP contribution in [0.25, 0.3) is 0 Å². The van der Waals surface area contributed by atoms with Crippen LogP contribution in [0.1, 0.15) is 89.9 Å². The van der Waals surface area contributed by atoms with Crippen molar-refractivity contribution in [3.8, 4) is 0 Å². The minimum atomic E-state index is -1.11. The first-order valence-electron chi connectivity index (χ1n) is 20.9. The maximum absolute atomic E-state index is 13.3. The standard InChI is InChI=1S/C38H58N6O16S2/c1-43(2,17-5-7-35(49)59-39-31(45)13-14-32(39)46)19-21-57-37(51)27-23-25(9-11-29(27)41(53)54)61-62-26-10-12-30(42(55)56)28(24-26)38(52)58-22-20-44(3,4)18-6-8-36(50)60-40-33(47)15-16-34(40)48/h25-30H,5-24H2,1-4H3/q+2. The fraction of sp³-hybridized carbons (Fsp3) is 0.789. The second-order valence-electron chi connectivity index (χ2n) is 17.4. The van der Waals surface area contributed by atoms with E-state index in [1.165, 1.54) is 21.6 Å². The second kappa shape index (κ2) is 22.8. The smallest absolute Gasteiger partial charge is 0.333 e. The van der Waals surface area contributed by atoms with E-state index < -0.39 is 81.3 Å². The zero-order valence-corrected chi connectivity index (χ0v) is 37.3. The third-order valence-corrected chi connectivity index (χ3v) is 15.1. The van der Waals surface area contributed by atoms with E-state index in [1.54, 1.807) is 0 Å². The van der Waals surface area contributed by atoms with Gasteiger partial charge in [-0.25, -0.2) is 9.59 Å². The Bertz CT molecular complexity index is 1580. The number of hydroxylamine groups is 4. The van der Waals surface area contributed by atoms with E-state index in [9.17, 15) is 58.6 Å². The SMILES string of the molecule is C[N+](C)(CCCC(=O)ON1C(=O)CCC1=O)CCOC(=O)C1CC(SSC2CCC([N+](=O)[O-])C(C(=O)OCC[N+](C)(C)CCCC(=O)ON3C(=O)CCC3=O)C2)CCC1[N+](=O)[O-]. The number of rotatable bonds is 23. The van der Waals surface area contributed by atoms with Crippen molar-refractivity contribution in [3.63, 3.8) is 0 Å². The van der Waals surface area contributed by atoms with Crippen molar-refractivity contribution in [2.75, 3.05) is 67.6 Å². The van der Waals surface area contributed by atoms with Gasteiger partial charge in [0.15, 0.2) is 0 Å². The number of hydrogen-bond donors (Lipinski definition) is 0. The molecule has 0 spiro atoms. The molecule has 0 aromatic heterocycles. The van der Waals surface area contributed by atoms with E-state index in [1.807, 2.05) is 28.2 Å². The largest absolute Gasteiger partial charge is 0.459 e. The van der Waals surface area contributed by atoms with Crippen molar-refractivity contribution >= 4 is 69.1 Å². The molecule has 2 heterocycles. The number of ether oxygens (including phenoxy) is 2. The molecule has 24 heteroatoms. The highest BCUT2D eigenvalue weighted by Crippen LogP contribution is 2.46. The molecule has 4 amide bonds. The molecule has 0 aromatic carbocycles. The van der Waals surface area contributed by atoms with Crippen molar-refractivity contribution in [3.05, 3.63) is 20.2 Å². The zero-order chi connectivity index (χ0) is 45.8. The third kappa shape index (κ3) is 15.1. The molecule has 2 saturated carbocycles. The summed E-state index contributed by atoms with van der Waals surface area (Å²) in [5.41, 5.74) is 0. The summed E-state index contributed by atoms with van der Waals surface area (Å²) in [4.78, 5) is 130. The maximum Gasteiger partial charge on any atom is 0.333 e. The lowest BCUT2D eigenvalue weighted by atomic mass is 9.84. The molecule has 6 unspecified atom stereocenters. The van der Waals surface area contributed by atoms with Gasteiger partial charge >= 0.3 is 23.9 Å². The molecule has 346 valence electrons. The van der Waals surface area contributed by atoms with Gasteiger partial charge in [-0.1, -0.05) is 21.6 Å². The lowest BCUT2D eigenvalue weighted by molar-refractivity contribution is -0.890. The molecular weight excluding hydrogens is 861 g/mol. The van der Waals surface area contributed by atoms with Crippen LogP contribution in [-0.2, 0) is 57.5 Å². The van der Waals surface area contributed by atoms with Crippen LogP contribution in [0.4, 0.5) is 0 Å². The number of hydrogen-bond acceptors (Lipinski definition) is 18. The molecule has 2 aliphatic carbocycles. The fourth-order valence-electron chi connectivity index (χ4n) is 7.71. The molecular formula is C38H58N6O16S2+2. The second-order valence-corrected chi connectivity index (χ2v) is 20.3. The van der Waals surface area contributed by atoms with Crippen LogP contribution in [0, 0.1) is 32.1 Å². The summed E-state index contributed by atoms with van der Waals surface area (Å²) in [5, 5.41) is 24.6. The van der Waals surface area contributed by atoms with E-state index in [2.05, 4.69) is 0 Å². The Labute approximate surface area is 366 Å². The number of imide groups is 2. The quantitative estimate of drug-likeness (QED) is 0.0354. The average molecular weight is 919 g/mol. The molecule has 62 heavy (non-hydrogen) atoms. The van der Waals surface area contributed by atoms with Crippen LogP contribution in [0.5, 0.6) is 0 Å². The Balaban J connectivity index is 1.18. The maximum atomic E-state index is 13.3. The summed E-state index contributed by atoms with van der Waals surface area (Å²) < 4.78 is 11.8. The van der Waals surface area contributed by atoms with Gasteiger partial charge in [-0.05, 0) is 25.7 Å². The Morgan fingerprint density at radius 1 is 0.597 bits per heavy atom. The molecule has 2 saturated heterocycles. The lowest BCUT2D eigenvalue weighted by Gasteiger charge is -2.33. The number of likely N-dealkylation sites (N-methyl/N-ethyl adjacent to an activating group) is 2. The first-order valence-corrected chi connectivity index (χ1v) is 23.1. The van der Waals surface area contributed by atoms with Crippen molar-refractivity contribution in [1.29, 1.82) is 0 Å². The van der Waals surface area contributed by atoms with E-state index >= 15 is 0 Å². The molecule has 2 aliphatic heterocycles. The van der Waals surface area contributed by atoms with Crippen LogP contribution >= 0.6 is 21.6 Å². The van der Waals surface area contributed by atoms with Gasteiger partial charge in [0.2, 0.25) is 12.1 Å². The van der Waals surface area contributed by atoms with Crippen LogP contribution in [0.2, 0.25) is 0 Å². The Morgan fingerprint density at radius 2 is 0.935 bits per heavy atom. The summed E-state index contributed by atoms with van der Waals surface area (Å²) >= 11 is 0. The van der Waals surface area contributed by atoms with Crippen molar-refractivity contribution in [1.82, 2.24) is 10.1 Å². The topological polar surface area (TPSA) is 266 Å². The van der Waals surface area contributed by atoms with Crippen molar-refractivity contribution < 1.29 is 76.3 Å². The van der Waals surface area contributed by atoms with E-state index in [0.717, 1.165) is 0 Å². The van der Waals surface area contributed by atoms with Crippen LogP contribution in [-0.4, -0.2) is 167 Å². The number of nitrogens with zero attached hydrogens (tertiary/aromatic N) is 6. The summed E-state index contributed by atoms with van der Waals surface area (Å²) in [7, 11) is 10.4. The van der Waals surface area contributed by atoms with Gasteiger partial charge in [0, 0.05) is 71.7 Å². The lowest BCUT2D eigenvalue weighted by Crippen LogP contribution is -2.45. The minimum Gasteiger partial charge on any atom is -0.459 e. The highest BCUT2D eigenvalue weighted by molar-refractivity contribution is 8.77. The van der Waals surface area contributed by atoms with Crippen LogP contribution in [0.3, 0.4) is 0 Å². The number of quaternary nitrogens is 2. The zero-order valence-electron chi connectivity index (χ0n) is 35.6. The summed E-state index contributed by atoms with van der Waals surface area (Å²) in [6.07, 6.45) is 2.34. The highest BCUT2D eigenvalue weighted by Gasteiger charge is 2.46. The van der Waals surface area contributed by atoms with Gasteiger partial charge in [0.25, 0.3) is 23.6 Å². The fourth-order valence-corrected chi connectivity index (χ4v) is 11.1. The minimum absolute atomic E-state index is 0.000990. The number of amides is 4. The number of carbonyl (C=O) groups excluding carboxylic acids is 8. The molecule has 4 aliphatic rings. The Morgan fingerprint density at radius 3 is 1.26 bits per heavy atom. The molecule has 0 radical (unpaired) electrons. The van der Waals surface area contributed by atoms with Gasteiger partial charge < -0.3 is 28.1 Å². The van der Waals surface area contributed by atoms with Gasteiger partial charge in [0.1, 0.15) is 38.1 Å². The highest BCUT2D eigenvalue weighted by atomic mass is 33.1. The van der Waals surface area contributed by atoms with E-state index in [0.29, 0.717) is 71.0 Å². The normalized spacial score (nSPS) is 24.5. The molecule has 6 atom stereocenters. The first kappa shape index (κ1) is 50.2. The van der Waals surface area contributed by atoms with Crippen LogP contribution in [0.15, 0.2) is 0 Å². The van der Waals surface area contributed by atoms with Gasteiger partial charge in [0.05, 0.1) is 54.1 Å². The Kier molecular flexibility index (Phi) is 18.5. The number of carbonyl (C=O) groups is 8. The van der Waals surface area contributed by atoms with Crippen molar-refractivity contribution in [2.24, 2.45) is 11.8 Å². The predicted molar refractivity (Wildman–Crippen MR) is 217 cm³/mol. The average Bonchev–Trinajstić information content (AvgIpc) is 3.69. The molecule has 4 fully saturated rings. The molecule has 0 bridgehead atoms. The monoisotopic (exact) mass is 918 g/mol. The third-order valence-electron chi connectivity index (χ3n) is 11.6. The van der Waals surface area contributed by atoms with Gasteiger partial charge in [-0.15, -0.1) is 10.1 Å². The molecule has 0 N–H and O–H groups in total. The molecule has 0 aromatic rings. The van der Waals surface area contributed by atoms with Gasteiger partial charge in [-0.2, -0.15) is 0 Å². The summed E-state index contributed by atoms with van der Waals surface area (Å²) in [5.74, 6) is -6.95. The van der Waals surface area contributed by atoms with Crippen LogP contribution < -0.4 is 0 Å². The molecule has 22 nitrogen and oxygen atoms in total. The van der Waals surface area contributed by atoms with E-state index in [4.69, 9.17) is 19.1 Å². The van der Waals surface area contributed by atoms with E-state index in [-0.39, 0.29) is 87.9 Å². The molecule has 4 rings (SSSR count). The Hall–Kier alpha value is -4.42. The van der Waals surface area contributed by atoms with Crippen molar-refractivity contribution in [2.45, 2.75) is 112 Å².